The molecule has 0 radical (unpaired) electrons. The first-order valence-electron chi connectivity index (χ1n) is 11.4. The molecule has 2 heterocycles. The number of allylic oxidation sites excluding steroid dienone is 2. The average Bonchev–Trinajstić information content (AvgIpc) is 3.20. The minimum Gasteiger partial charge on any atom is -0.386 e. The Morgan fingerprint density at radius 1 is 1.19 bits per heavy atom. The number of thiophene rings is 1. The molecule has 188 valence electrons. The number of hydrogen-bond acceptors (Lipinski definition) is 7. The van der Waals surface area contributed by atoms with E-state index in [4.69, 9.17) is 5.73 Å². The van der Waals surface area contributed by atoms with Crippen molar-refractivity contribution < 1.29 is 23.5 Å². The molecule has 10 heteroatoms. The highest BCUT2D eigenvalue weighted by atomic mass is 32.1. The summed E-state index contributed by atoms with van der Waals surface area (Å²) >= 11 is 0.963. The van der Waals surface area contributed by atoms with E-state index in [1.807, 2.05) is 6.07 Å². The predicted octanol–water partition coefficient (Wildman–Crippen LogP) is 4.88. The second kappa shape index (κ2) is 10.2. The van der Waals surface area contributed by atoms with Crippen LogP contribution >= 0.6 is 11.3 Å². The van der Waals surface area contributed by atoms with Gasteiger partial charge in [-0.05, 0) is 62.6 Å². The number of halogens is 2. The number of aliphatic hydroxyl groups is 1. The highest BCUT2D eigenvalue weighted by Crippen LogP contribution is 2.40. The maximum Gasteiger partial charge on any atom is 0.251 e. The van der Waals surface area contributed by atoms with Gasteiger partial charge in [-0.15, -0.1) is 11.3 Å². The number of aromatic nitrogens is 1. The molecule has 0 fully saturated rings. The van der Waals surface area contributed by atoms with Crippen molar-refractivity contribution in [3.63, 3.8) is 0 Å². The average molecular weight is 513 g/mol. The first kappa shape index (κ1) is 25.5. The molecular weight excluding hydrogens is 486 g/mol. The van der Waals surface area contributed by atoms with E-state index in [1.165, 1.54) is 19.9 Å². The largest absolute Gasteiger partial charge is 0.386 e. The second-order valence-electron chi connectivity index (χ2n) is 9.07. The van der Waals surface area contributed by atoms with E-state index in [-0.39, 0.29) is 27.4 Å². The van der Waals surface area contributed by atoms with Crippen LogP contribution in [0.5, 0.6) is 0 Å². The van der Waals surface area contributed by atoms with Crippen molar-refractivity contribution in [2.24, 2.45) is 5.73 Å². The lowest BCUT2D eigenvalue weighted by Gasteiger charge is -2.18. The number of amides is 1. The molecule has 36 heavy (non-hydrogen) atoms. The van der Waals surface area contributed by atoms with Crippen molar-refractivity contribution in [3.05, 3.63) is 76.6 Å². The molecule has 5 N–H and O–H groups in total. The quantitative estimate of drug-likeness (QED) is 0.342. The molecule has 3 aromatic rings. The Kier molecular flexibility index (Phi) is 7.18. The summed E-state index contributed by atoms with van der Waals surface area (Å²) in [5, 5.41) is 16.6. The van der Waals surface area contributed by atoms with Gasteiger partial charge in [0.1, 0.15) is 22.5 Å². The highest BCUT2D eigenvalue weighted by Gasteiger charge is 2.24. The SMILES string of the molecule is CC(C)(O)c1cc(F)c(-c2cc(C(N)=O)c(Nc3cccc(CNC4=CC(=O)CCC4)n3)s2)c(F)c1. The van der Waals surface area contributed by atoms with E-state index >= 15 is 0 Å². The number of nitrogens with one attached hydrogen (secondary N) is 2. The maximum atomic E-state index is 14.9. The van der Waals surface area contributed by atoms with Crippen LogP contribution in [-0.2, 0) is 16.9 Å². The van der Waals surface area contributed by atoms with E-state index in [2.05, 4.69) is 15.6 Å². The van der Waals surface area contributed by atoms with Gasteiger partial charge >= 0.3 is 0 Å². The molecule has 1 aliphatic carbocycles. The van der Waals surface area contributed by atoms with E-state index in [0.717, 1.165) is 42.0 Å². The predicted molar refractivity (Wildman–Crippen MR) is 135 cm³/mol. The van der Waals surface area contributed by atoms with Crippen molar-refractivity contribution in [1.29, 1.82) is 0 Å². The molecule has 0 unspecified atom stereocenters. The Hall–Kier alpha value is -3.63. The number of anilines is 2. The lowest BCUT2D eigenvalue weighted by Crippen LogP contribution is -2.18. The molecule has 1 amide bonds. The van der Waals surface area contributed by atoms with Crippen LogP contribution in [-0.4, -0.2) is 21.8 Å². The summed E-state index contributed by atoms with van der Waals surface area (Å²) in [6.45, 7) is 3.26. The topological polar surface area (TPSA) is 117 Å². The zero-order chi connectivity index (χ0) is 26.0. The third-order valence-corrected chi connectivity index (χ3v) is 6.81. The van der Waals surface area contributed by atoms with Crippen LogP contribution in [0.3, 0.4) is 0 Å². The number of nitrogens with zero attached hydrogens (tertiary/aromatic N) is 1. The van der Waals surface area contributed by atoms with Crippen LogP contribution in [0.4, 0.5) is 19.6 Å². The first-order chi connectivity index (χ1) is 17.0. The number of hydrogen-bond donors (Lipinski definition) is 4. The molecule has 0 spiro atoms. The minimum absolute atomic E-state index is 0.0663. The third kappa shape index (κ3) is 5.77. The Morgan fingerprint density at radius 3 is 2.56 bits per heavy atom. The smallest absolute Gasteiger partial charge is 0.251 e. The zero-order valence-electron chi connectivity index (χ0n) is 19.8. The minimum atomic E-state index is -1.42. The third-order valence-electron chi connectivity index (χ3n) is 5.74. The summed E-state index contributed by atoms with van der Waals surface area (Å²) in [6.07, 6.45) is 3.79. The normalized spacial score (nSPS) is 13.9. The molecule has 0 bridgehead atoms. The maximum absolute atomic E-state index is 14.9. The number of carbonyl (C=O) groups excluding carboxylic acids is 2. The van der Waals surface area contributed by atoms with Gasteiger partial charge in [-0.1, -0.05) is 6.07 Å². The fourth-order valence-corrected chi connectivity index (χ4v) is 4.97. The standard InChI is InChI=1S/C26H26F2N4O3S/c1-26(2,35)14-9-19(27)23(20(28)10-14)21-12-18(24(29)34)25(36-21)32-22-8-4-6-16(31-22)13-30-15-5-3-7-17(33)11-15/h4,6,8-12,30,35H,3,5,7,13H2,1-2H3,(H2,29,34)(H,31,32). The molecule has 7 nitrogen and oxygen atoms in total. The van der Waals surface area contributed by atoms with Gasteiger partial charge in [0.25, 0.3) is 5.91 Å². The van der Waals surface area contributed by atoms with Crippen LogP contribution < -0.4 is 16.4 Å². The summed E-state index contributed by atoms with van der Waals surface area (Å²) in [5.74, 6) is -1.98. The Bertz CT molecular complexity index is 1340. The molecule has 0 aliphatic heterocycles. The summed E-state index contributed by atoms with van der Waals surface area (Å²) in [6, 6.07) is 8.76. The lowest BCUT2D eigenvalue weighted by molar-refractivity contribution is -0.115. The molecule has 0 saturated heterocycles. The van der Waals surface area contributed by atoms with Crippen molar-refractivity contribution in [2.75, 3.05) is 5.32 Å². The number of primary amides is 1. The van der Waals surface area contributed by atoms with Gasteiger partial charge in [0, 0.05) is 23.1 Å². The molecule has 2 aromatic heterocycles. The van der Waals surface area contributed by atoms with Crippen molar-refractivity contribution >= 4 is 33.8 Å². The monoisotopic (exact) mass is 512 g/mol. The van der Waals surface area contributed by atoms with Gasteiger partial charge in [-0.2, -0.15) is 0 Å². The van der Waals surface area contributed by atoms with Gasteiger partial charge in [-0.3, -0.25) is 9.59 Å². The number of ketones is 1. The molecule has 1 aliphatic rings. The summed E-state index contributed by atoms with van der Waals surface area (Å²) < 4.78 is 29.8. The van der Waals surface area contributed by atoms with Gasteiger partial charge in [0.05, 0.1) is 29.0 Å². The molecule has 4 rings (SSSR count). The van der Waals surface area contributed by atoms with Crippen LogP contribution in [0, 0.1) is 11.6 Å². The summed E-state index contributed by atoms with van der Waals surface area (Å²) in [7, 11) is 0. The van der Waals surface area contributed by atoms with E-state index < -0.39 is 23.1 Å². The van der Waals surface area contributed by atoms with Gasteiger partial charge in [0.15, 0.2) is 5.78 Å². The van der Waals surface area contributed by atoms with Crippen LogP contribution in [0.25, 0.3) is 10.4 Å². The number of carbonyl (C=O) groups is 2. The molecular formula is C26H26F2N4O3S. The van der Waals surface area contributed by atoms with Crippen molar-refractivity contribution in [3.8, 4) is 10.4 Å². The van der Waals surface area contributed by atoms with E-state index in [9.17, 15) is 23.5 Å². The van der Waals surface area contributed by atoms with Crippen LogP contribution in [0.2, 0.25) is 0 Å². The Morgan fingerprint density at radius 2 is 1.92 bits per heavy atom. The highest BCUT2D eigenvalue weighted by molar-refractivity contribution is 7.20. The Labute approximate surface area is 211 Å². The second-order valence-corrected chi connectivity index (χ2v) is 10.1. The lowest BCUT2D eigenvalue weighted by atomic mass is 9.96. The van der Waals surface area contributed by atoms with Crippen LogP contribution in [0.1, 0.15) is 54.7 Å². The van der Waals surface area contributed by atoms with Gasteiger partial charge < -0.3 is 21.5 Å². The first-order valence-corrected chi connectivity index (χ1v) is 12.2. The summed E-state index contributed by atoms with van der Waals surface area (Å²) in [4.78, 5) is 28.4. The van der Waals surface area contributed by atoms with Crippen molar-refractivity contribution in [2.45, 2.75) is 45.3 Å². The zero-order valence-corrected chi connectivity index (χ0v) is 20.6. The number of pyridine rings is 1. The van der Waals surface area contributed by atoms with Crippen molar-refractivity contribution in [1.82, 2.24) is 10.3 Å². The van der Waals surface area contributed by atoms with Gasteiger partial charge in [0.2, 0.25) is 0 Å². The van der Waals surface area contributed by atoms with Crippen LogP contribution in [0.15, 0.2) is 48.2 Å². The molecule has 0 saturated carbocycles. The molecule has 0 atom stereocenters. The number of nitrogens with two attached hydrogens (primary N) is 1. The van der Waals surface area contributed by atoms with Gasteiger partial charge in [-0.25, -0.2) is 13.8 Å². The molecule has 1 aromatic carbocycles. The summed E-state index contributed by atoms with van der Waals surface area (Å²) in [5.41, 5.74) is 5.51. The fraction of sp³-hybridized carbons (Fsp3) is 0.269. The van der Waals surface area contributed by atoms with E-state index in [0.29, 0.717) is 29.5 Å². The van der Waals surface area contributed by atoms with E-state index in [1.54, 1.807) is 18.2 Å². The fourth-order valence-electron chi connectivity index (χ4n) is 3.85. The number of benzene rings is 1. The number of rotatable bonds is 8. The Balaban J connectivity index is 1.59.